The highest BCUT2D eigenvalue weighted by Gasteiger charge is 2.30. The van der Waals surface area contributed by atoms with Crippen LogP contribution in [-0.2, 0) is 7.05 Å². The number of anilines is 1. The molecule has 36 heavy (non-hydrogen) atoms. The molecule has 13 heteroatoms. The summed E-state index contributed by atoms with van der Waals surface area (Å²) in [5.74, 6) is -5.18. The first-order valence-corrected chi connectivity index (χ1v) is 10.9. The lowest BCUT2D eigenvalue weighted by atomic mass is 9.85. The minimum atomic E-state index is -3.33. The maximum absolute atomic E-state index is 15.2. The lowest BCUT2D eigenvalue weighted by Gasteiger charge is -2.23. The highest BCUT2D eigenvalue weighted by Crippen LogP contribution is 2.35. The smallest absolute Gasteiger partial charge is 0.350 e. The fourth-order valence-corrected chi connectivity index (χ4v) is 3.72. The van der Waals surface area contributed by atoms with Crippen molar-refractivity contribution in [3.8, 4) is 11.4 Å². The Morgan fingerprint density at radius 1 is 1.17 bits per heavy atom. The molecule has 1 atom stereocenters. The summed E-state index contributed by atoms with van der Waals surface area (Å²) in [6.45, 7) is -1.66. The molecule has 2 aromatic carbocycles. The Morgan fingerprint density at radius 2 is 1.83 bits per heavy atom. The molecule has 3 aromatic rings. The third kappa shape index (κ3) is 4.69. The van der Waals surface area contributed by atoms with Crippen LogP contribution >= 0.6 is 0 Å². The molecular weight excluding hydrogens is 494 g/mol. The number of rotatable bonds is 8. The molecule has 1 N–H and O–H groups in total. The standard InChI is InChI=1S/C23H20F6N4O3/c1-32-21(11-4-2-5-11)31-33(23(32)35)16-9-17(36-18(10-24)20(28)29)12(8-15(16)27)22(34)30-19-13(25)6-3-7-14(19)26/h3,6-9,11,18,20H,2,4-5,10H2,1H3,(H,30,34)/t18-/m0/s1. The van der Waals surface area contributed by atoms with Crippen molar-refractivity contribution in [2.45, 2.75) is 37.7 Å². The number of hydrogen-bond donors (Lipinski definition) is 1. The summed E-state index contributed by atoms with van der Waals surface area (Å²) < 4.78 is 89.6. The van der Waals surface area contributed by atoms with Gasteiger partial charge in [0, 0.05) is 19.0 Å². The SMILES string of the molecule is Cn1c(C2CCC2)nn(-c2cc(O[C@@H](CF)C(F)F)c(C(=O)Nc3c(F)cccc3F)cc2F)c1=O. The molecule has 1 heterocycles. The zero-order valence-corrected chi connectivity index (χ0v) is 18.8. The van der Waals surface area contributed by atoms with Crippen molar-refractivity contribution in [3.05, 3.63) is 69.7 Å². The summed E-state index contributed by atoms with van der Waals surface area (Å²) in [5.41, 5.74) is -2.93. The second kappa shape index (κ2) is 10.1. The van der Waals surface area contributed by atoms with Gasteiger partial charge in [-0.05, 0) is 31.0 Å². The van der Waals surface area contributed by atoms with Crippen molar-refractivity contribution in [3.63, 3.8) is 0 Å². The number of amides is 1. The number of halogens is 6. The van der Waals surface area contributed by atoms with Crippen LogP contribution in [0.1, 0.15) is 41.4 Å². The monoisotopic (exact) mass is 514 g/mol. The van der Waals surface area contributed by atoms with Gasteiger partial charge in [-0.25, -0.2) is 31.1 Å². The molecule has 0 spiro atoms. The molecular formula is C23H20F6N4O3. The van der Waals surface area contributed by atoms with E-state index in [4.69, 9.17) is 4.74 Å². The normalized spacial score (nSPS) is 14.6. The van der Waals surface area contributed by atoms with Crippen molar-refractivity contribution >= 4 is 11.6 Å². The van der Waals surface area contributed by atoms with Crippen LogP contribution in [0, 0.1) is 17.5 Å². The predicted molar refractivity (Wildman–Crippen MR) is 116 cm³/mol. The second-order valence-electron chi connectivity index (χ2n) is 8.24. The van der Waals surface area contributed by atoms with E-state index in [1.807, 2.05) is 5.32 Å². The maximum Gasteiger partial charge on any atom is 0.350 e. The number of nitrogens with one attached hydrogen (secondary N) is 1. The third-order valence-electron chi connectivity index (χ3n) is 5.92. The summed E-state index contributed by atoms with van der Waals surface area (Å²) in [4.78, 5) is 25.5. The largest absolute Gasteiger partial charge is 0.481 e. The van der Waals surface area contributed by atoms with Crippen LogP contribution in [0.2, 0.25) is 0 Å². The summed E-state index contributed by atoms with van der Waals surface area (Å²) in [5, 5.41) is 6.04. The van der Waals surface area contributed by atoms with Gasteiger partial charge < -0.3 is 10.1 Å². The van der Waals surface area contributed by atoms with Crippen LogP contribution < -0.4 is 15.7 Å². The van der Waals surface area contributed by atoms with Gasteiger partial charge in [-0.15, -0.1) is 5.10 Å². The van der Waals surface area contributed by atoms with Crippen molar-refractivity contribution in [1.82, 2.24) is 14.3 Å². The molecule has 1 aliphatic rings. The topological polar surface area (TPSA) is 78.2 Å². The number of hydrogen-bond acceptors (Lipinski definition) is 4. The number of nitrogens with zero attached hydrogens (tertiary/aromatic N) is 3. The Hall–Kier alpha value is -3.77. The van der Waals surface area contributed by atoms with Crippen LogP contribution in [0.15, 0.2) is 35.1 Å². The second-order valence-corrected chi connectivity index (χ2v) is 8.24. The molecule has 0 saturated heterocycles. The number of carbonyl (C=O) groups is 1. The Morgan fingerprint density at radius 3 is 2.39 bits per heavy atom. The van der Waals surface area contributed by atoms with Crippen molar-refractivity contribution < 1.29 is 35.9 Å². The van der Waals surface area contributed by atoms with Crippen LogP contribution in [0.25, 0.3) is 5.69 Å². The third-order valence-corrected chi connectivity index (χ3v) is 5.92. The van der Waals surface area contributed by atoms with E-state index in [2.05, 4.69) is 5.10 Å². The van der Waals surface area contributed by atoms with Gasteiger partial charge in [0.2, 0.25) is 0 Å². The maximum atomic E-state index is 15.2. The molecule has 4 rings (SSSR count). The molecule has 0 radical (unpaired) electrons. The van der Waals surface area contributed by atoms with E-state index in [0.717, 1.165) is 43.5 Å². The number of alkyl halides is 3. The van der Waals surface area contributed by atoms with E-state index in [1.165, 1.54) is 11.6 Å². The minimum Gasteiger partial charge on any atom is -0.481 e. The van der Waals surface area contributed by atoms with E-state index >= 15 is 4.39 Å². The molecule has 1 aromatic heterocycles. The number of carbonyl (C=O) groups excluding carboxylic acids is 1. The highest BCUT2D eigenvalue weighted by molar-refractivity contribution is 6.06. The summed E-state index contributed by atoms with van der Waals surface area (Å²) in [6.07, 6.45) is -3.18. The first kappa shape index (κ1) is 25.3. The van der Waals surface area contributed by atoms with Crippen molar-refractivity contribution in [2.75, 3.05) is 12.0 Å². The number of ether oxygens (including phenoxy) is 1. The van der Waals surface area contributed by atoms with Crippen LogP contribution in [0.5, 0.6) is 5.75 Å². The fraction of sp³-hybridized carbons (Fsp3) is 0.348. The van der Waals surface area contributed by atoms with Gasteiger partial charge in [-0.2, -0.15) is 4.68 Å². The number of benzene rings is 2. The van der Waals surface area contributed by atoms with E-state index in [0.29, 0.717) is 16.6 Å². The molecule has 1 fully saturated rings. The molecule has 192 valence electrons. The van der Waals surface area contributed by atoms with Crippen molar-refractivity contribution in [1.29, 1.82) is 0 Å². The zero-order chi connectivity index (χ0) is 26.1. The van der Waals surface area contributed by atoms with Crippen molar-refractivity contribution in [2.24, 2.45) is 7.05 Å². The Bertz CT molecular complexity index is 1330. The highest BCUT2D eigenvalue weighted by atomic mass is 19.3. The van der Waals surface area contributed by atoms with Crippen LogP contribution in [0.3, 0.4) is 0 Å². The van der Waals surface area contributed by atoms with E-state index < -0.39 is 70.9 Å². The molecule has 0 bridgehead atoms. The molecule has 1 aliphatic carbocycles. The Kier molecular flexibility index (Phi) is 7.09. The van der Waals surface area contributed by atoms with Gasteiger partial charge in [-0.1, -0.05) is 12.5 Å². The first-order chi connectivity index (χ1) is 17.1. The predicted octanol–water partition coefficient (Wildman–Crippen LogP) is 4.49. The average Bonchev–Trinajstić information content (AvgIpc) is 3.08. The van der Waals surface area contributed by atoms with Gasteiger partial charge in [0.15, 0.2) is 6.10 Å². The quantitative estimate of drug-likeness (QED) is 0.450. The molecule has 0 unspecified atom stereocenters. The van der Waals surface area contributed by atoms with E-state index in [1.54, 1.807) is 0 Å². The fourth-order valence-electron chi connectivity index (χ4n) is 3.72. The van der Waals surface area contributed by atoms with Gasteiger partial charge in [0.1, 0.15) is 47.1 Å². The Balaban J connectivity index is 1.80. The van der Waals surface area contributed by atoms with E-state index in [-0.39, 0.29) is 5.92 Å². The molecule has 0 aliphatic heterocycles. The van der Waals surface area contributed by atoms with Gasteiger partial charge in [0.05, 0.1) is 5.56 Å². The minimum absolute atomic E-state index is 0.0156. The first-order valence-electron chi connectivity index (χ1n) is 10.9. The molecule has 1 saturated carbocycles. The molecule has 1 amide bonds. The van der Waals surface area contributed by atoms with Gasteiger partial charge in [0.25, 0.3) is 12.3 Å². The summed E-state index contributed by atoms with van der Waals surface area (Å²) in [7, 11) is 1.44. The number of aromatic nitrogens is 3. The zero-order valence-electron chi connectivity index (χ0n) is 18.8. The van der Waals surface area contributed by atoms with Crippen LogP contribution in [-0.4, -0.2) is 39.5 Å². The van der Waals surface area contributed by atoms with Crippen LogP contribution in [0.4, 0.5) is 32.0 Å². The van der Waals surface area contributed by atoms with Gasteiger partial charge in [-0.3, -0.25) is 9.36 Å². The lowest BCUT2D eigenvalue weighted by molar-refractivity contribution is -0.00158. The summed E-state index contributed by atoms with van der Waals surface area (Å²) in [6, 6.07) is 4.02. The van der Waals surface area contributed by atoms with Gasteiger partial charge >= 0.3 is 5.69 Å². The molecule has 7 nitrogen and oxygen atoms in total. The Labute approximate surface area is 200 Å². The number of para-hydroxylation sites is 1. The average molecular weight is 514 g/mol. The summed E-state index contributed by atoms with van der Waals surface area (Å²) >= 11 is 0. The van der Waals surface area contributed by atoms with E-state index in [9.17, 15) is 31.5 Å². The lowest BCUT2D eigenvalue weighted by Crippen LogP contribution is -2.29.